The van der Waals surface area contributed by atoms with Gasteiger partial charge in [0.1, 0.15) is 5.82 Å². The Bertz CT molecular complexity index is 834. The SMILES string of the molecule is CCNC(=NCCc1csc(N2CCCC2)n1)NC1CCN(c2ccc(C)cn2)CC1. The fourth-order valence-electron chi connectivity index (χ4n) is 4.16. The molecule has 168 valence electrons. The summed E-state index contributed by atoms with van der Waals surface area (Å²) in [4.78, 5) is 19.0. The smallest absolute Gasteiger partial charge is 0.191 e. The number of rotatable bonds is 7. The molecule has 0 aromatic carbocycles. The second kappa shape index (κ2) is 10.8. The summed E-state index contributed by atoms with van der Waals surface area (Å²) in [6.07, 6.45) is 7.59. The van der Waals surface area contributed by atoms with Gasteiger partial charge in [-0.15, -0.1) is 11.3 Å². The van der Waals surface area contributed by atoms with Gasteiger partial charge in [0, 0.05) is 63.3 Å². The van der Waals surface area contributed by atoms with Crippen LogP contribution in [0.2, 0.25) is 0 Å². The van der Waals surface area contributed by atoms with Gasteiger partial charge in [0.05, 0.1) is 5.69 Å². The number of guanidine groups is 1. The number of hydrogen-bond donors (Lipinski definition) is 2. The molecule has 0 radical (unpaired) electrons. The van der Waals surface area contributed by atoms with E-state index in [9.17, 15) is 0 Å². The van der Waals surface area contributed by atoms with E-state index in [0.29, 0.717) is 6.04 Å². The number of thiazole rings is 1. The Labute approximate surface area is 190 Å². The molecule has 31 heavy (non-hydrogen) atoms. The maximum Gasteiger partial charge on any atom is 0.191 e. The minimum absolute atomic E-state index is 0.445. The molecule has 2 aliphatic heterocycles. The Morgan fingerprint density at radius 3 is 2.68 bits per heavy atom. The summed E-state index contributed by atoms with van der Waals surface area (Å²) in [6, 6.07) is 4.71. The molecule has 0 saturated carbocycles. The van der Waals surface area contributed by atoms with E-state index in [1.54, 1.807) is 11.3 Å². The van der Waals surface area contributed by atoms with Crippen LogP contribution in [0, 0.1) is 6.92 Å². The van der Waals surface area contributed by atoms with Crippen molar-refractivity contribution in [3.63, 3.8) is 0 Å². The molecule has 7 nitrogen and oxygen atoms in total. The predicted octanol–water partition coefficient (Wildman–Crippen LogP) is 3.21. The molecule has 0 unspecified atom stereocenters. The second-order valence-corrected chi connectivity index (χ2v) is 9.26. The Morgan fingerprint density at radius 1 is 1.16 bits per heavy atom. The van der Waals surface area contributed by atoms with Gasteiger partial charge in [-0.2, -0.15) is 0 Å². The van der Waals surface area contributed by atoms with Gasteiger partial charge in [0.15, 0.2) is 11.1 Å². The maximum atomic E-state index is 4.82. The van der Waals surface area contributed by atoms with Gasteiger partial charge >= 0.3 is 0 Å². The Morgan fingerprint density at radius 2 is 1.97 bits per heavy atom. The van der Waals surface area contributed by atoms with Crippen LogP contribution in [0.1, 0.15) is 43.9 Å². The average molecular weight is 442 g/mol. The molecule has 8 heteroatoms. The van der Waals surface area contributed by atoms with Crippen LogP contribution >= 0.6 is 11.3 Å². The first-order chi connectivity index (χ1) is 15.2. The molecule has 2 saturated heterocycles. The van der Waals surface area contributed by atoms with Gasteiger partial charge in [-0.1, -0.05) is 6.07 Å². The standard InChI is InChI=1S/C23H35N7S/c1-3-24-22(25-11-8-20-17-31-23(28-20)30-12-4-5-13-30)27-19-9-14-29(15-10-19)21-7-6-18(2)16-26-21/h6-7,16-17,19H,3-5,8-15H2,1-2H3,(H2,24,25,27). The van der Waals surface area contributed by atoms with Crippen molar-refractivity contribution in [3.05, 3.63) is 35.0 Å². The summed E-state index contributed by atoms with van der Waals surface area (Å²) in [5.74, 6) is 2.01. The zero-order chi connectivity index (χ0) is 21.5. The highest BCUT2D eigenvalue weighted by molar-refractivity contribution is 7.13. The molecule has 0 bridgehead atoms. The van der Waals surface area contributed by atoms with Crippen LogP contribution in [0.4, 0.5) is 10.9 Å². The van der Waals surface area contributed by atoms with E-state index >= 15 is 0 Å². The molecule has 0 amide bonds. The van der Waals surface area contributed by atoms with Gasteiger partial charge < -0.3 is 20.4 Å². The zero-order valence-corrected chi connectivity index (χ0v) is 19.6. The fourth-order valence-corrected chi connectivity index (χ4v) is 5.07. The Kier molecular flexibility index (Phi) is 7.61. The molecule has 2 aliphatic rings. The van der Waals surface area contributed by atoms with Crippen molar-refractivity contribution < 1.29 is 0 Å². The number of anilines is 2. The minimum atomic E-state index is 0.445. The first kappa shape index (κ1) is 21.9. The minimum Gasteiger partial charge on any atom is -0.357 e. The highest BCUT2D eigenvalue weighted by atomic mass is 32.1. The van der Waals surface area contributed by atoms with Crippen molar-refractivity contribution in [3.8, 4) is 0 Å². The summed E-state index contributed by atoms with van der Waals surface area (Å²) < 4.78 is 0. The van der Waals surface area contributed by atoms with E-state index in [1.165, 1.54) is 23.5 Å². The van der Waals surface area contributed by atoms with E-state index in [-0.39, 0.29) is 0 Å². The van der Waals surface area contributed by atoms with Crippen molar-refractivity contribution in [1.82, 2.24) is 20.6 Å². The lowest BCUT2D eigenvalue weighted by molar-refractivity contribution is 0.459. The number of nitrogens with one attached hydrogen (secondary N) is 2. The molecule has 2 aromatic heterocycles. The van der Waals surface area contributed by atoms with E-state index in [2.05, 4.69) is 56.8 Å². The summed E-state index contributed by atoms with van der Waals surface area (Å²) in [6.45, 7) is 10.2. The van der Waals surface area contributed by atoms with Gasteiger partial charge in [-0.05, 0) is 51.2 Å². The van der Waals surface area contributed by atoms with Crippen LogP contribution in [-0.2, 0) is 6.42 Å². The third kappa shape index (κ3) is 6.09. The van der Waals surface area contributed by atoms with Crippen LogP contribution in [0.25, 0.3) is 0 Å². The zero-order valence-electron chi connectivity index (χ0n) is 18.8. The fraction of sp³-hybridized carbons (Fsp3) is 0.609. The van der Waals surface area contributed by atoms with E-state index < -0.39 is 0 Å². The molecular weight excluding hydrogens is 406 g/mol. The van der Waals surface area contributed by atoms with Crippen LogP contribution < -0.4 is 20.4 Å². The molecule has 2 fully saturated rings. The third-order valence-corrected chi connectivity index (χ3v) is 6.90. The first-order valence-corrected chi connectivity index (χ1v) is 12.5. The second-order valence-electron chi connectivity index (χ2n) is 8.43. The van der Waals surface area contributed by atoms with Crippen molar-refractivity contribution >= 4 is 28.2 Å². The van der Waals surface area contributed by atoms with Crippen molar-refractivity contribution in [2.75, 3.05) is 49.1 Å². The molecule has 0 atom stereocenters. The number of nitrogens with zero attached hydrogens (tertiary/aromatic N) is 5. The quantitative estimate of drug-likeness (QED) is 0.508. The molecular formula is C23H35N7S. The summed E-state index contributed by atoms with van der Waals surface area (Å²) in [5, 5.41) is 10.4. The lowest BCUT2D eigenvalue weighted by Gasteiger charge is -2.33. The van der Waals surface area contributed by atoms with E-state index in [0.717, 1.165) is 76.0 Å². The first-order valence-electron chi connectivity index (χ1n) is 11.6. The number of piperidine rings is 1. The van der Waals surface area contributed by atoms with Crippen LogP contribution in [-0.4, -0.2) is 61.2 Å². The van der Waals surface area contributed by atoms with Crippen molar-refractivity contribution in [1.29, 1.82) is 0 Å². The van der Waals surface area contributed by atoms with Crippen LogP contribution in [0.3, 0.4) is 0 Å². The Balaban J connectivity index is 1.25. The monoisotopic (exact) mass is 441 g/mol. The topological polar surface area (TPSA) is 68.7 Å². The normalized spacial score (nSPS) is 17.9. The van der Waals surface area contributed by atoms with E-state index in [1.807, 2.05) is 6.20 Å². The van der Waals surface area contributed by atoms with Crippen LogP contribution in [0.15, 0.2) is 28.7 Å². The number of aryl methyl sites for hydroxylation is 1. The van der Waals surface area contributed by atoms with Gasteiger partial charge in [-0.3, -0.25) is 4.99 Å². The molecule has 2 N–H and O–H groups in total. The molecule has 4 heterocycles. The number of pyridine rings is 1. The highest BCUT2D eigenvalue weighted by Gasteiger charge is 2.21. The van der Waals surface area contributed by atoms with Gasteiger partial charge in [0.2, 0.25) is 0 Å². The largest absolute Gasteiger partial charge is 0.357 e. The maximum absolute atomic E-state index is 4.82. The molecule has 0 aliphatic carbocycles. The average Bonchev–Trinajstić information content (AvgIpc) is 3.47. The number of aliphatic imine (C=N–C) groups is 1. The Hall–Kier alpha value is -2.35. The predicted molar refractivity (Wildman–Crippen MR) is 131 cm³/mol. The van der Waals surface area contributed by atoms with Gasteiger partial charge in [-0.25, -0.2) is 9.97 Å². The van der Waals surface area contributed by atoms with Crippen molar-refractivity contribution in [2.45, 2.75) is 52.0 Å². The lowest BCUT2D eigenvalue weighted by Crippen LogP contribution is -2.49. The molecule has 4 rings (SSSR count). The summed E-state index contributed by atoms with van der Waals surface area (Å²) >= 11 is 1.77. The summed E-state index contributed by atoms with van der Waals surface area (Å²) in [5.41, 5.74) is 2.36. The van der Waals surface area contributed by atoms with E-state index in [4.69, 9.17) is 9.98 Å². The lowest BCUT2D eigenvalue weighted by atomic mass is 10.1. The molecule has 0 spiro atoms. The van der Waals surface area contributed by atoms with Gasteiger partial charge in [0.25, 0.3) is 0 Å². The van der Waals surface area contributed by atoms with Crippen LogP contribution in [0.5, 0.6) is 0 Å². The van der Waals surface area contributed by atoms with Crippen molar-refractivity contribution in [2.24, 2.45) is 4.99 Å². The summed E-state index contributed by atoms with van der Waals surface area (Å²) in [7, 11) is 0. The molecule has 2 aromatic rings. The third-order valence-electron chi connectivity index (χ3n) is 5.95. The number of aromatic nitrogens is 2. The highest BCUT2D eigenvalue weighted by Crippen LogP contribution is 2.24. The number of hydrogen-bond acceptors (Lipinski definition) is 6.